The summed E-state index contributed by atoms with van der Waals surface area (Å²) in [5, 5.41) is 32.4. The molecule has 0 aromatic heterocycles. The Morgan fingerprint density at radius 2 is 2.08 bits per heavy atom. The monoisotopic (exact) mass is 389 g/mol. The minimum Gasteiger partial charge on any atom is -0.478 e. The number of hydrogen-bond donors (Lipinski definition) is 2. The van der Waals surface area contributed by atoms with Crippen molar-refractivity contribution in [3.05, 3.63) is 61.6 Å². The molecule has 0 fully saturated rings. The van der Waals surface area contributed by atoms with Crippen LogP contribution >= 0.6 is 15.9 Å². The predicted molar refractivity (Wildman–Crippen MR) is 91.5 cm³/mol. The summed E-state index contributed by atoms with van der Waals surface area (Å²) in [6.07, 6.45) is -0.107. The van der Waals surface area contributed by atoms with Crippen molar-refractivity contribution in [3.8, 4) is 6.07 Å². The second kappa shape index (κ2) is 7.10. The third-order valence-corrected chi connectivity index (χ3v) is 4.18. The van der Waals surface area contributed by atoms with Crippen molar-refractivity contribution in [3.63, 3.8) is 0 Å². The van der Waals surface area contributed by atoms with Gasteiger partial charge in [-0.1, -0.05) is 28.1 Å². The van der Waals surface area contributed by atoms with Gasteiger partial charge in [0, 0.05) is 10.2 Å². The number of nitro groups is 1. The summed E-state index contributed by atoms with van der Waals surface area (Å²) in [4.78, 5) is 22.1. The van der Waals surface area contributed by atoms with E-state index in [1.54, 1.807) is 31.2 Å². The van der Waals surface area contributed by atoms with Crippen molar-refractivity contribution in [2.75, 3.05) is 5.32 Å². The number of rotatable bonds is 5. The van der Waals surface area contributed by atoms with Crippen molar-refractivity contribution in [1.29, 1.82) is 5.26 Å². The van der Waals surface area contributed by atoms with E-state index < -0.39 is 10.9 Å². The number of nitro benzene ring substituents is 1. The van der Waals surface area contributed by atoms with Crippen molar-refractivity contribution >= 4 is 39.0 Å². The molecule has 0 aliphatic heterocycles. The molecule has 0 saturated carbocycles. The lowest BCUT2D eigenvalue weighted by molar-refractivity contribution is -0.386. The smallest absolute Gasteiger partial charge is 0.337 e. The number of carboxylic acid groups (broad SMARTS) is 1. The molecule has 0 unspecified atom stereocenters. The van der Waals surface area contributed by atoms with E-state index in [9.17, 15) is 20.0 Å². The minimum absolute atomic E-state index is 0.0526. The first-order chi connectivity index (χ1) is 11.4. The van der Waals surface area contributed by atoms with Crippen LogP contribution in [-0.2, 0) is 6.42 Å². The molecule has 0 aliphatic rings. The molecule has 0 saturated heterocycles. The maximum Gasteiger partial charge on any atom is 0.337 e. The molecule has 0 aliphatic carbocycles. The summed E-state index contributed by atoms with van der Waals surface area (Å²) < 4.78 is 0.414. The molecule has 24 heavy (non-hydrogen) atoms. The highest BCUT2D eigenvalue weighted by Crippen LogP contribution is 2.37. The standard InChI is InChI=1S/C16H12BrN3O4/c1-9-14(19-13-5-3-2-4-11(13)16(21)22)8-12(17)10(6-7-18)15(9)20(23)24/h2-5,8,19H,6H2,1H3,(H,21,22). The number of halogens is 1. The summed E-state index contributed by atoms with van der Waals surface area (Å²) in [7, 11) is 0. The van der Waals surface area contributed by atoms with E-state index in [0.717, 1.165) is 0 Å². The number of nitrogens with zero attached hydrogens (tertiary/aromatic N) is 2. The molecule has 0 bridgehead atoms. The topological polar surface area (TPSA) is 116 Å². The molecule has 0 heterocycles. The third-order valence-electron chi connectivity index (χ3n) is 3.47. The van der Waals surface area contributed by atoms with E-state index >= 15 is 0 Å². The highest BCUT2D eigenvalue weighted by Gasteiger charge is 2.24. The Morgan fingerprint density at radius 3 is 2.67 bits per heavy atom. The Bertz CT molecular complexity index is 874. The van der Waals surface area contributed by atoms with Crippen LogP contribution in [0.4, 0.5) is 17.1 Å². The van der Waals surface area contributed by atoms with Gasteiger partial charge in [-0.05, 0) is 25.1 Å². The van der Waals surface area contributed by atoms with Gasteiger partial charge in [0.2, 0.25) is 0 Å². The van der Waals surface area contributed by atoms with Gasteiger partial charge in [-0.25, -0.2) is 4.79 Å². The van der Waals surface area contributed by atoms with Crippen molar-refractivity contribution in [1.82, 2.24) is 0 Å². The zero-order valence-electron chi connectivity index (χ0n) is 12.5. The Labute approximate surface area is 145 Å². The molecule has 8 heteroatoms. The second-order valence-corrected chi connectivity index (χ2v) is 5.78. The third kappa shape index (κ3) is 3.36. The van der Waals surface area contributed by atoms with Gasteiger partial charge in [0.15, 0.2) is 0 Å². The van der Waals surface area contributed by atoms with Gasteiger partial charge in [-0.15, -0.1) is 0 Å². The SMILES string of the molecule is Cc1c(Nc2ccccc2C(=O)O)cc(Br)c(CC#N)c1[N+](=O)[O-]. The maximum atomic E-state index is 11.4. The second-order valence-electron chi connectivity index (χ2n) is 4.93. The fraction of sp³-hybridized carbons (Fsp3) is 0.125. The van der Waals surface area contributed by atoms with E-state index in [1.807, 2.05) is 6.07 Å². The molecule has 0 amide bonds. The molecule has 2 aromatic rings. The molecule has 0 atom stereocenters. The highest BCUT2D eigenvalue weighted by atomic mass is 79.9. The van der Waals surface area contributed by atoms with Crippen LogP contribution in [0.25, 0.3) is 0 Å². The number of benzene rings is 2. The summed E-state index contributed by atoms with van der Waals surface area (Å²) in [6.45, 7) is 1.55. The lowest BCUT2D eigenvalue weighted by atomic mass is 10.0. The first kappa shape index (κ1) is 17.4. The molecule has 2 N–H and O–H groups in total. The van der Waals surface area contributed by atoms with Gasteiger partial charge < -0.3 is 10.4 Å². The number of aromatic carboxylic acids is 1. The average Bonchev–Trinajstić information content (AvgIpc) is 2.52. The fourth-order valence-corrected chi connectivity index (χ4v) is 2.89. The number of nitriles is 1. The minimum atomic E-state index is -1.11. The summed E-state index contributed by atoms with van der Waals surface area (Å²) in [6, 6.07) is 9.78. The Hall–Kier alpha value is -2.92. The number of carboxylic acids is 1. The van der Waals surface area contributed by atoms with Crippen LogP contribution in [0.1, 0.15) is 21.5 Å². The first-order valence-electron chi connectivity index (χ1n) is 6.79. The van der Waals surface area contributed by atoms with Gasteiger partial charge in [0.25, 0.3) is 5.69 Å². The quantitative estimate of drug-likeness (QED) is 0.585. The number of nitrogens with one attached hydrogen (secondary N) is 1. The lowest BCUT2D eigenvalue weighted by Crippen LogP contribution is -2.06. The van der Waals surface area contributed by atoms with E-state index in [4.69, 9.17) is 5.26 Å². The van der Waals surface area contributed by atoms with E-state index in [2.05, 4.69) is 21.2 Å². The Kier molecular flexibility index (Phi) is 5.16. The molecular formula is C16H12BrN3O4. The largest absolute Gasteiger partial charge is 0.478 e. The number of anilines is 2. The predicted octanol–water partition coefficient (Wildman–Crippen LogP) is 4.17. The van der Waals surface area contributed by atoms with Gasteiger partial charge in [-0.2, -0.15) is 5.26 Å². The van der Waals surface area contributed by atoms with E-state index in [-0.39, 0.29) is 23.2 Å². The van der Waals surface area contributed by atoms with Crippen LogP contribution in [0.5, 0.6) is 0 Å². The van der Waals surface area contributed by atoms with E-state index in [1.165, 1.54) is 6.07 Å². The number of carbonyl (C=O) groups is 1. The number of para-hydroxylation sites is 1. The zero-order valence-corrected chi connectivity index (χ0v) is 14.1. The van der Waals surface area contributed by atoms with Crippen LogP contribution < -0.4 is 5.32 Å². The van der Waals surface area contributed by atoms with Gasteiger partial charge in [0.05, 0.1) is 39.8 Å². The molecule has 0 spiro atoms. The molecular weight excluding hydrogens is 378 g/mol. The zero-order chi connectivity index (χ0) is 17.9. The maximum absolute atomic E-state index is 11.4. The Balaban J connectivity index is 2.60. The fourth-order valence-electron chi connectivity index (χ4n) is 2.34. The molecule has 2 aromatic carbocycles. The van der Waals surface area contributed by atoms with Crippen molar-refractivity contribution in [2.45, 2.75) is 13.3 Å². The summed E-state index contributed by atoms with van der Waals surface area (Å²) >= 11 is 3.25. The van der Waals surface area contributed by atoms with Crippen LogP contribution in [0.15, 0.2) is 34.8 Å². The average molecular weight is 390 g/mol. The first-order valence-corrected chi connectivity index (χ1v) is 7.58. The van der Waals surface area contributed by atoms with Crippen molar-refractivity contribution < 1.29 is 14.8 Å². The Morgan fingerprint density at radius 1 is 1.42 bits per heavy atom. The highest BCUT2D eigenvalue weighted by molar-refractivity contribution is 9.10. The van der Waals surface area contributed by atoms with Gasteiger partial charge in [0.1, 0.15) is 0 Å². The van der Waals surface area contributed by atoms with Crippen LogP contribution in [0.2, 0.25) is 0 Å². The van der Waals surface area contributed by atoms with Crippen LogP contribution in [-0.4, -0.2) is 16.0 Å². The molecule has 122 valence electrons. The summed E-state index contributed by atoms with van der Waals surface area (Å²) in [5.41, 5.74) is 1.22. The molecule has 7 nitrogen and oxygen atoms in total. The summed E-state index contributed by atoms with van der Waals surface area (Å²) in [5.74, 6) is -1.11. The van der Waals surface area contributed by atoms with Gasteiger partial charge in [-0.3, -0.25) is 10.1 Å². The van der Waals surface area contributed by atoms with E-state index in [0.29, 0.717) is 21.4 Å². The van der Waals surface area contributed by atoms with Crippen molar-refractivity contribution in [2.24, 2.45) is 0 Å². The lowest BCUT2D eigenvalue weighted by Gasteiger charge is -2.14. The van der Waals surface area contributed by atoms with Crippen LogP contribution in [0.3, 0.4) is 0 Å². The number of hydrogen-bond acceptors (Lipinski definition) is 5. The molecule has 2 rings (SSSR count). The molecule has 0 radical (unpaired) electrons. The normalized spacial score (nSPS) is 10.0. The van der Waals surface area contributed by atoms with Crippen LogP contribution in [0, 0.1) is 28.4 Å². The van der Waals surface area contributed by atoms with Gasteiger partial charge >= 0.3 is 5.97 Å².